The van der Waals surface area contributed by atoms with E-state index in [1.54, 1.807) is 0 Å². The zero-order chi connectivity index (χ0) is 14.3. The lowest BCUT2D eigenvalue weighted by Crippen LogP contribution is -2.25. The number of allylic oxidation sites excluding steroid dienone is 1. The molecule has 0 spiro atoms. The molecule has 0 aliphatic carbocycles. The number of rotatable bonds is 8. The monoisotopic (exact) mass is 259 g/mol. The number of hydrogen-bond acceptors (Lipinski definition) is 1. The first-order valence-corrected chi connectivity index (χ1v) is 7.57. The minimum Gasteiger partial charge on any atom is -0.371 e. The van der Waals surface area contributed by atoms with Gasteiger partial charge in [-0.05, 0) is 31.7 Å². The SMILES string of the molecule is C=C(C(C)CCCC)N(CC)Cc1ccc(C)cc1. The van der Waals surface area contributed by atoms with Crippen molar-refractivity contribution < 1.29 is 0 Å². The Balaban J connectivity index is 2.61. The van der Waals surface area contributed by atoms with Gasteiger partial charge in [-0.25, -0.2) is 0 Å². The molecule has 0 N–H and O–H groups in total. The summed E-state index contributed by atoms with van der Waals surface area (Å²) < 4.78 is 0. The molecule has 0 aliphatic heterocycles. The number of benzene rings is 1. The van der Waals surface area contributed by atoms with Crippen LogP contribution in [0, 0.1) is 12.8 Å². The Hall–Kier alpha value is -1.24. The molecule has 0 heterocycles. The maximum atomic E-state index is 4.32. The minimum atomic E-state index is 0.588. The van der Waals surface area contributed by atoms with Crippen LogP contribution in [0.5, 0.6) is 0 Å². The molecule has 1 heteroatoms. The standard InChI is InChI=1S/C18H29N/c1-6-8-9-16(4)17(5)19(7-2)14-18-12-10-15(3)11-13-18/h10-13,16H,5-9,14H2,1-4H3. The van der Waals surface area contributed by atoms with Gasteiger partial charge in [0.1, 0.15) is 0 Å². The first kappa shape index (κ1) is 15.8. The predicted molar refractivity (Wildman–Crippen MR) is 85.1 cm³/mol. The molecule has 1 atom stereocenters. The molecule has 1 rings (SSSR count). The third kappa shape index (κ3) is 5.10. The Labute approximate surface area is 119 Å². The van der Waals surface area contributed by atoms with E-state index in [-0.39, 0.29) is 0 Å². The van der Waals surface area contributed by atoms with Crippen molar-refractivity contribution in [2.75, 3.05) is 6.54 Å². The second kappa shape index (κ2) is 8.04. The van der Waals surface area contributed by atoms with E-state index in [0.29, 0.717) is 5.92 Å². The molecule has 1 nitrogen and oxygen atoms in total. The van der Waals surface area contributed by atoms with Crippen molar-refractivity contribution in [1.82, 2.24) is 4.90 Å². The fourth-order valence-corrected chi connectivity index (χ4v) is 2.32. The van der Waals surface area contributed by atoms with Crippen molar-refractivity contribution in [3.63, 3.8) is 0 Å². The van der Waals surface area contributed by atoms with Crippen LogP contribution < -0.4 is 0 Å². The Morgan fingerprint density at radius 1 is 1.21 bits per heavy atom. The van der Waals surface area contributed by atoms with E-state index in [9.17, 15) is 0 Å². The Morgan fingerprint density at radius 3 is 2.37 bits per heavy atom. The van der Waals surface area contributed by atoms with Crippen LogP contribution in [0.3, 0.4) is 0 Å². The molecule has 0 saturated heterocycles. The average molecular weight is 259 g/mol. The lowest BCUT2D eigenvalue weighted by molar-refractivity contribution is 0.308. The van der Waals surface area contributed by atoms with Gasteiger partial charge in [0.05, 0.1) is 0 Å². The molecule has 106 valence electrons. The topological polar surface area (TPSA) is 3.24 Å². The summed E-state index contributed by atoms with van der Waals surface area (Å²) in [6.07, 6.45) is 3.81. The van der Waals surface area contributed by atoms with E-state index >= 15 is 0 Å². The maximum Gasteiger partial charge on any atom is 0.0426 e. The molecule has 0 amide bonds. The third-order valence-electron chi connectivity index (χ3n) is 3.84. The molecular formula is C18H29N. The molecule has 0 saturated carbocycles. The highest BCUT2D eigenvalue weighted by Gasteiger charge is 2.13. The lowest BCUT2D eigenvalue weighted by Gasteiger charge is -2.29. The molecule has 0 aliphatic rings. The summed E-state index contributed by atoms with van der Waals surface area (Å²) in [5, 5.41) is 0. The summed E-state index contributed by atoms with van der Waals surface area (Å²) in [5.41, 5.74) is 3.98. The highest BCUT2D eigenvalue weighted by Crippen LogP contribution is 2.21. The van der Waals surface area contributed by atoms with Crippen molar-refractivity contribution in [3.8, 4) is 0 Å². The molecule has 0 bridgehead atoms. The molecule has 19 heavy (non-hydrogen) atoms. The van der Waals surface area contributed by atoms with Crippen LogP contribution >= 0.6 is 0 Å². The van der Waals surface area contributed by atoms with Crippen molar-refractivity contribution in [2.24, 2.45) is 5.92 Å². The van der Waals surface area contributed by atoms with Gasteiger partial charge in [-0.15, -0.1) is 0 Å². The molecule has 0 aromatic heterocycles. The fourth-order valence-electron chi connectivity index (χ4n) is 2.32. The molecule has 1 aromatic carbocycles. The van der Waals surface area contributed by atoms with Crippen molar-refractivity contribution >= 4 is 0 Å². The summed E-state index contributed by atoms with van der Waals surface area (Å²) in [4.78, 5) is 2.41. The van der Waals surface area contributed by atoms with Crippen LogP contribution in [0.2, 0.25) is 0 Å². The highest BCUT2D eigenvalue weighted by molar-refractivity contribution is 5.21. The summed E-state index contributed by atoms with van der Waals surface area (Å²) in [6.45, 7) is 15.2. The molecular weight excluding hydrogens is 230 g/mol. The van der Waals surface area contributed by atoms with Crippen LogP contribution in [-0.4, -0.2) is 11.4 Å². The van der Waals surface area contributed by atoms with Gasteiger partial charge in [-0.1, -0.05) is 63.1 Å². The van der Waals surface area contributed by atoms with Crippen LogP contribution in [0.1, 0.15) is 51.2 Å². The summed E-state index contributed by atoms with van der Waals surface area (Å²) in [7, 11) is 0. The quantitative estimate of drug-likeness (QED) is 0.623. The third-order valence-corrected chi connectivity index (χ3v) is 3.84. The van der Waals surface area contributed by atoms with E-state index < -0.39 is 0 Å². The van der Waals surface area contributed by atoms with Gasteiger partial charge in [0.25, 0.3) is 0 Å². The smallest absolute Gasteiger partial charge is 0.0426 e. The normalized spacial score (nSPS) is 12.2. The number of nitrogens with zero attached hydrogens (tertiary/aromatic N) is 1. The van der Waals surface area contributed by atoms with E-state index in [0.717, 1.165) is 13.1 Å². The molecule has 1 aromatic rings. The Morgan fingerprint density at radius 2 is 1.84 bits per heavy atom. The number of hydrogen-bond donors (Lipinski definition) is 0. The minimum absolute atomic E-state index is 0.588. The van der Waals surface area contributed by atoms with Crippen molar-refractivity contribution in [3.05, 3.63) is 47.7 Å². The summed E-state index contributed by atoms with van der Waals surface area (Å²) >= 11 is 0. The van der Waals surface area contributed by atoms with Gasteiger partial charge in [-0.3, -0.25) is 0 Å². The van der Waals surface area contributed by atoms with Crippen LogP contribution in [0.15, 0.2) is 36.5 Å². The van der Waals surface area contributed by atoms with E-state index in [4.69, 9.17) is 0 Å². The lowest BCUT2D eigenvalue weighted by atomic mass is 10.00. The largest absolute Gasteiger partial charge is 0.371 e. The second-order valence-electron chi connectivity index (χ2n) is 5.53. The number of unbranched alkanes of at least 4 members (excludes halogenated alkanes) is 1. The molecule has 1 unspecified atom stereocenters. The van der Waals surface area contributed by atoms with Gasteiger partial charge in [0.15, 0.2) is 0 Å². The van der Waals surface area contributed by atoms with Crippen molar-refractivity contribution in [2.45, 2.75) is 53.5 Å². The fraction of sp³-hybridized carbons (Fsp3) is 0.556. The van der Waals surface area contributed by atoms with Gasteiger partial charge in [0.2, 0.25) is 0 Å². The predicted octanol–water partition coefficient (Wildman–Crippen LogP) is 5.16. The molecule has 0 fully saturated rings. The van der Waals surface area contributed by atoms with Gasteiger partial charge in [0, 0.05) is 18.8 Å². The average Bonchev–Trinajstić information content (AvgIpc) is 2.43. The first-order chi connectivity index (χ1) is 9.08. The summed E-state index contributed by atoms with van der Waals surface area (Å²) in [6, 6.07) is 8.82. The zero-order valence-electron chi connectivity index (χ0n) is 13.1. The van der Waals surface area contributed by atoms with Gasteiger partial charge >= 0.3 is 0 Å². The molecule has 0 radical (unpaired) electrons. The first-order valence-electron chi connectivity index (χ1n) is 7.57. The second-order valence-corrected chi connectivity index (χ2v) is 5.53. The highest BCUT2D eigenvalue weighted by atomic mass is 15.1. The Bertz CT molecular complexity index is 377. The van der Waals surface area contributed by atoms with Gasteiger partial charge in [-0.2, -0.15) is 0 Å². The zero-order valence-corrected chi connectivity index (χ0v) is 13.1. The number of aryl methyl sites for hydroxylation is 1. The van der Waals surface area contributed by atoms with Crippen LogP contribution in [0.25, 0.3) is 0 Å². The van der Waals surface area contributed by atoms with E-state index in [2.05, 4.69) is 63.4 Å². The van der Waals surface area contributed by atoms with E-state index in [1.807, 2.05) is 0 Å². The summed E-state index contributed by atoms with van der Waals surface area (Å²) in [5.74, 6) is 0.588. The van der Waals surface area contributed by atoms with Crippen LogP contribution in [-0.2, 0) is 6.54 Å². The maximum absolute atomic E-state index is 4.32. The Kier molecular flexibility index (Phi) is 6.69. The van der Waals surface area contributed by atoms with Crippen molar-refractivity contribution in [1.29, 1.82) is 0 Å². The van der Waals surface area contributed by atoms with Gasteiger partial charge < -0.3 is 4.90 Å². The van der Waals surface area contributed by atoms with E-state index in [1.165, 1.54) is 36.1 Å². The van der Waals surface area contributed by atoms with Crippen LogP contribution in [0.4, 0.5) is 0 Å².